The molecule has 1 unspecified atom stereocenters. The topological polar surface area (TPSA) is 46.3 Å². The molecule has 2 N–H and O–H groups in total. The largest absolute Gasteiger partial charge is 0.338 e. The molecule has 16 heavy (non-hydrogen) atoms. The van der Waals surface area contributed by atoms with Crippen LogP contribution in [0.15, 0.2) is 24.3 Å². The number of rotatable bonds is 2. The summed E-state index contributed by atoms with van der Waals surface area (Å²) in [5, 5.41) is 0. The van der Waals surface area contributed by atoms with Crippen LogP contribution in [0.2, 0.25) is 0 Å². The first-order valence-corrected chi connectivity index (χ1v) is 5.77. The number of hydrogen-bond acceptors (Lipinski definition) is 2. The van der Waals surface area contributed by atoms with Crippen LogP contribution in [0.5, 0.6) is 0 Å². The SMILES string of the molecule is CC(N)CC(=O)N1CCc2ccccc2C1. The van der Waals surface area contributed by atoms with E-state index in [4.69, 9.17) is 5.73 Å². The summed E-state index contributed by atoms with van der Waals surface area (Å²) in [5.41, 5.74) is 8.29. The molecule has 0 fully saturated rings. The maximum absolute atomic E-state index is 11.9. The van der Waals surface area contributed by atoms with Gasteiger partial charge in [0, 0.05) is 25.6 Å². The van der Waals surface area contributed by atoms with Gasteiger partial charge in [-0.25, -0.2) is 0 Å². The highest BCUT2D eigenvalue weighted by atomic mass is 16.2. The highest BCUT2D eigenvalue weighted by Crippen LogP contribution is 2.19. The lowest BCUT2D eigenvalue weighted by atomic mass is 9.99. The number of carbonyl (C=O) groups excluding carboxylic acids is 1. The standard InChI is InChI=1S/C13H18N2O/c1-10(14)8-13(16)15-7-6-11-4-2-3-5-12(11)9-15/h2-5,10H,6-9,14H2,1H3. The summed E-state index contributed by atoms with van der Waals surface area (Å²) in [4.78, 5) is 13.8. The lowest BCUT2D eigenvalue weighted by Gasteiger charge is -2.29. The molecule has 0 saturated carbocycles. The maximum Gasteiger partial charge on any atom is 0.224 e. The molecule has 0 aromatic heterocycles. The van der Waals surface area contributed by atoms with E-state index >= 15 is 0 Å². The van der Waals surface area contributed by atoms with Crippen LogP contribution in [0.1, 0.15) is 24.5 Å². The lowest BCUT2D eigenvalue weighted by Crippen LogP contribution is -2.38. The van der Waals surface area contributed by atoms with Gasteiger partial charge in [-0.05, 0) is 24.5 Å². The number of nitrogens with zero attached hydrogens (tertiary/aromatic N) is 1. The van der Waals surface area contributed by atoms with E-state index in [9.17, 15) is 4.79 Å². The smallest absolute Gasteiger partial charge is 0.224 e. The number of benzene rings is 1. The van der Waals surface area contributed by atoms with Crippen LogP contribution in [0.25, 0.3) is 0 Å². The number of fused-ring (bicyclic) bond motifs is 1. The third-order valence-electron chi connectivity index (χ3n) is 2.98. The molecule has 1 atom stereocenters. The zero-order chi connectivity index (χ0) is 11.5. The Morgan fingerprint density at radius 1 is 1.44 bits per heavy atom. The number of carbonyl (C=O) groups is 1. The highest BCUT2D eigenvalue weighted by molar-refractivity contribution is 5.77. The molecule has 0 bridgehead atoms. The molecule has 0 spiro atoms. The van der Waals surface area contributed by atoms with Crippen LogP contribution in [0, 0.1) is 0 Å². The molecule has 1 aliphatic rings. The number of nitrogens with two attached hydrogens (primary N) is 1. The minimum atomic E-state index is -0.0512. The second-order valence-electron chi connectivity index (χ2n) is 4.52. The van der Waals surface area contributed by atoms with Crippen molar-refractivity contribution in [1.82, 2.24) is 4.90 Å². The molecule has 0 aliphatic carbocycles. The minimum absolute atomic E-state index is 0.0512. The molecule has 1 aromatic rings. The van der Waals surface area contributed by atoms with Crippen LogP contribution >= 0.6 is 0 Å². The molecule has 2 rings (SSSR count). The van der Waals surface area contributed by atoms with Crippen molar-refractivity contribution in [1.29, 1.82) is 0 Å². The quantitative estimate of drug-likeness (QED) is 0.813. The Kier molecular flexibility index (Phi) is 3.25. The normalized spacial score (nSPS) is 16.8. The molecule has 1 aliphatic heterocycles. The average Bonchev–Trinajstić information content (AvgIpc) is 2.27. The lowest BCUT2D eigenvalue weighted by molar-refractivity contribution is -0.132. The minimum Gasteiger partial charge on any atom is -0.338 e. The Bertz CT molecular complexity index is 387. The van der Waals surface area contributed by atoms with Crippen molar-refractivity contribution in [2.24, 2.45) is 5.73 Å². The summed E-state index contributed by atoms with van der Waals surface area (Å²) in [6, 6.07) is 8.27. The highest BCUT2D eigenvalue weighted by Gasteiger charge is 2.20. The second-order valence-corrected chi connectivity index (χ2v) is 4.52. The van der Waals surface area contributed by atoms with Gasteiger partial charge in [0.25, 0.3) is 0 Å². The molecular formula is C13H18N2O. The number of hydrogen-bond donors (Lipinski definition) is 1. The third-order valence-corrected chi connectivity index (χ3v) is 2.98. The second kappa shape index (κ2) is 4.66. The van der Waals surface area contributed by atoms with Crippen molar-refractivity contribution in [2.75, 3.05) is 6.54 Å². The molecular weight excluding hydrogens is 200 g/mol. The van der Waals surface area contributed by atoms with Gasteiger partial charge in [0.15, 0.2) is 0 Å². The monoisotopic (exact) mass is 218 g/mol. The fraction of sp³-hybridized carbons (Fsp3) is 0.462. The first kappa shape index (κ1) is 11.1. The molecule has 1 amide bonds. The summed E-state index contributed by atoms with van der Waals surface area (Å²) in [6.07, 6.45) is 1.41. The van der Waals surface area contributed by atoms with E-state index in [1.54, 1.807) is 0 Å². The van der Waals surface area contributed by atoms with Crippen molar-refractivity contribution in [3.05, 3.63) is 35.4 Å². The van der Waals surface area contributed by atoms with E-state index < -0.39 is 0 Å². The first-order chi connectivity index (χ1) is 7.66. The molecule has 3 nitrogen and oxygen atoms in total. The summed E-state index contributed by atoms with van der Waals surface area (Å²) >= 11 is 0. The van der Waals surface area contributed by atoms with Gasteiger partial charge < -0.3 is 10.6 Å². The summed E-state index contributed by atoms with van der Waals surface area (Å²) in [6.45, 7) is 3.43. The van der Waals surface area contributed by atoms with Crippen molar-refractivity contribution < 1.29 is 4.79 Å². The predicted molar refractivity (Wildman–Crippen MR) is 63.8 cm³/mol. The van der Waals surface area contributed by atoms with Crippen molar-refractivity contribution in [3.8, 4) is 0 Å². The van der Waals surface area contributed by atoms with Crippen LogP contribution in [0.3, 0.4) is 0 Å². The Morgan fingerprint density at radius 3 is 2.81 bits per heavy atom. The van der Waals surface area contributed by atoms with Crippen molar-refractivity contribution >= 4 is 5.91 Å². The average molecular weight is 218 g/mol. The number of amides is 1. The molecule has 1 aromatic carbocycles. The van der Waals surface area contributed by atoms with E-state index in [1.807, 2.05) is 17.9 Å². The van der Waals surface area contributed by atoms with Gasteiger partial charge in [0.05, 0.1) is 0 Å². The van der Waals surface area contributed by atoms with Gasteiger partial charge in [-0.15, -0.1) is 0 Å². The van der Waals surface area contributed by atoms with Gasteiger partial charge >= 0.3 is 0 Å². The Balaban J connectivity index is 2.05. The fourth-order valence-corrected chi connectivity index (χ4v) is 2.11. The maximum atomic E-state index is 11.9. The molecule has 3 heteroatoms. The van der Waals surface area contributed by atoms with Crippen LogP contribution in [-0.2, 0) is 17.8 Å². The Hall–Kier alpha value is -1.35. The van der Waals surface area contributed by atoms with Gasteiger partial charge in [0.1, 0.15) is 0 Å². The van der Waals surface area contributed by atoms with Gasteiger partial charge in [0.2, 0.25) is 5.91 Å². The summed E-state index contributed by atoms with van der Waals surface area (Å²) < 4.78 is 0. The molecule has 0 saturated heterocycles. The fourth-order valence-electron chi connectivity index (χ4n) is 2.11. The van der Waals surface area contributed by atoms with Gasteiger partial charge in [-0.1, -0.05) is 24.3 Å². The van der Waals surface area contributed by atoms with E-state index in [-0.39, 0.29) is 11.9 Å². The first-order valence-electron chi connectivity index (χ1n) is 5.77. The Morgan fingerprint density at radius 2 is 2.12 bits per heavy atom. The van der Waals surface area contributed by atoms with Crippen LogP contribution in [0.4, 0.5) is 0 Å². The third kappa shape index (κ3) is 2.42. The summed E-state index contributed by atoms with van der Waals surface area (Å²) in [7, 11) is 0. The summed E-state index contributed by atoms with van der Waals surface area (Å²) in [5.74, 6) is 0.171. The molecule has 0 radical (unpaired) electrons. The predicted octanol–water partition coefficient (Wildman–Crippen LogP) is 1.31. The van der Waals surface area contributed by atoms with E-state index in [0.29, 0.717) is 6.42 Å². The zero-order valence-electron chi connectivity index (χ0n) is 9.65. The van der Waals surface area contributed by atoms with Crippen LogP contribution < -0.4 is 5.73 Å². The van der Waals surface area contributed by atoms with E-state index in [1.165, 1.54) is 11.1 Å². The van der Waals surface area contributed by atoms with E-state index in [2.05, 4.69) is 18.2 Å². The van der Waals surface area contributed by atoms with Gasteiger partial charge in [-0.3, -0.25) is 4.79 Å². The van der Waals surface area contributed by atoms with E-state index in [0.717, 1.165) is 19.5 Å². The van der Waals surface area contributed by atoms with Crippen molar-refractivity contribution in [3.63, 3.8) is 0 Å². The van der Waals surface area contributed by atoms with Gasteiger partial charge in [-0.2, -0.15) is 0 Å². The van der Waals surface area contributed by atoms with Crippen LogP contribution in [-0.4, -0.2) is 23.4 Å². The molecule has 1 heterocycles. The Labute approximate surface area is 96.2 Å². The zero-order valence-corrected chi connectivity index (χ0v) is 9.65. The van der Waals surface area contributed by atoms with Crippen molar-refractivity contribution in [2.45, 2.75) is 32.4 Å². The molecule has 86 valence electrons.